The van der Waals surface area contributed by atoms with Gasteiger partial charge in [0.25, 0.3) is 11.8 Å². The van der Waals surface area contributed by atoms with E-state index in [0.29, 0.717) is 28.1 Å². The summed E-state index contributed by atoms with van der Waals surface area (Å²) in [6, 6.07) is 8.54. The normalized spacial score (nSPS) is 10.4. The molecule has 9 nitrogen and oxygen atoms in total. The van der Waals surface area contributed by atoms with E-state index in [-0.39, 0.29) is 11.3 Å². The van der Waals surface area contributed by atoms with Crippen LogP contribution in [0.3, 0.4) is 0 Å². The first kappa shape index (κ1) is 22.9. The van der Waals surface area contributed by atoms with Crippen molar-refractivity contribution in [2.75, 3.05) is 27.6 Å². The van der Waals surface area contributed by atoms with Crippen molar-refractivity contribution in [2.45, 2.75) is 5.16 Å². The molecule has 2 N–H and O–H groups in total. The van der Waals surface area contributed by atoms with Crippen LogP contribution in [0.5, 0.6) is 17.2 Å². The van der Waals surface area contributed by atoms with E-state index in [1.54, 1.807) is 10.8 Å². The van der Waals surface area contributed by atoms with Gasteiger partial charge in [-0.25, -0.2) is 9.37 Å². The van der Waals surface area contributed by atoms with Crippen molar-refractivity contribution in [1.29, 1.82) is 0 Å². The number of thioether (sulfide) groups is 1. The number of ether oxygens (including phenoxy) is 3. The van der Waals surface area contributed by atoms with Gasteiger partial charge in [-0.15, -0.1) is 0 Å². The Hall–Kier alpha value is -3.73. The summed E-state index contributed by atoms with van der Waals surface area (Å²) in [5.74, 6) is -0.685. The van der Waals surface area contributed by atoms with E-state index in [2.05, 4.69) is 15.8 Å². The van der Waals surface area contributed by atoms with E-state index < -0.39 is 17.6 Å². The number of aromatic nitrogens is 2. The van der Waals surface area contributed by atoms with Crippen LogP contribution in [-0.2, 0) is 0 Å². The Kier molecular flexibility index (Phi) is 7.21. The zero-order valence-electron chi connectivity index (χ0n) is 17.8. The lowest BCUT2D eigenvalue weighted by Crippen LogP contribution is -2.42. The first-order valence-corrected chi connectivity index (χ1v) is 10.4. The molecule has 0 aliphatic rings. The number of nitrogens with one attached hydrogen (secondary N) is 2. The first-order valence-electron chi connectivity index (χ1n) is 9.21. The molecule has 0 fully saturated rings. The molecule has 0 bridgehead atoms. The summed E-state index contributed by atoms with van der Waals surface area (Å²) >= 11 is 1.32. The quantitative estimate of drug-likeness (QED) is 0.413. The highest BCUT2D eigenvalue weighted by Crippen LogP contribution is 2.38. The highest BCUT2D eigenvalue weighted by Gasteiger charge is 2.20. The second kappa shape index (κ2) is 10.1. The van der Waals surface area contributed by atoms with Crippen molar-refractivity contribution in [2.24, 2.45) is 0 Å². The zero-order valence-corrected chi connectivity index (χ0v) is 18.6. The molecule has 2 aromatic carbocycles. The smallest absolute Gasteiger partial charge is 0.288 e. The molecule has 32 heavy (non-hydrogen) atoms. The number of hydrogen-bond donors (Lipinski definition) is 2. The van der Waals surface area contributed by atoms with E-state index in [1.807, 2.05) is 0 Å². The van der Waals surface area contributed by atoms with Crippen molar-refractivity contribution in [3.8, 4) is 22.9 Å². The maximum atomic E-state index is 13.3. The van der Waals surface area contributed by atoms with Gasteiger partial charge in [0.15, 0.2) is 16.7 Å². The molecule has 0 aliphatic heterocycles. The lowest BCUT2D eigenvalue weighted by molar-refractivity contribution is 0.0842. The number of imidazole rings is 1. The molecule has 2 amide bonds. The second-order valence-corrected chi connectivity index (χ2v) is 7.04. The number of carbonyl (C=O) groups excluding carboxylic acids is 2. The van der Waals surface area contributed by atoms with Gasteiger partial charge >= 0.3 is 0 Å². The Morgan fingerprint density at radius 3 is 2.09 bits per heavy atom. The summed E-state index contributed by atoms with van der Waals surface area (Å²) in [6.07, 6.45) is 3.17. The van der Waals surface area contributed by atoms with E-state index >= 15 is 0 Å². The van der Waals surface area contributed by atoms with Gasteiger partial charge in [-0.1, -0.05) is 11.8 Å². The SMILES string of the molecule is COc1cc(C(=O)NNC(=O)c2cnc(SC)n2-c2ccc(F)cc2)cc(OC)c1OC. The van der Waals surface area contributed by atoms with Crippen molar-refractivity contribution in [1.82, 2.24) is 20.4 Å². The fraction of sp³-hybridized carbons (Fsp3) is 0.190. The van der Waals surface area contributed by atoms with Gasteiger partial charge in [0.2, 0.25) is 5.75 Å². The number of amides is 2. The van der Waals surface area contributed by atoms with Gasteiger partial charge in [0, 0.05) is 11.3 Å². The highest BCUT2D eigenvalue weighted by atomic mass is 32.2. The molecule has 0 saturated heterocycles. The molecule has 3 rings (SSSR count). The monoisotopic (exact) mass is 460 g/mol. The van der Waals surface area contributed by atoms with E-state index in [1.165, 1.54) is 75.7 Å². The summed E-state index contributed by atoms with van der Waals surface area (Å²) in [5, 5.41) is 0.526. The van der Waals surface area contributed by atoms with Gasteiger partial charge in [-0.2, -0.15) is 0 Å². The predicted molar refractivity (Wildman–Crippen MR) is 116 cm³/mol. The fourth-order valence-corrected chi connectivity index (χ4v) is 3.49. The third-order valence-corrected chi connectivity index (χ3v) is 5.10. The minimum atomic E-state index is -0.608. The summed E-state index contributed by atoms with van der Waals surface area (Å²) < 4.78 is 30.6. The van der Waals surface area contributed by atoms with Crippen LogP contribution in [-0.4, -0.2) is 49.0 Å². The molecular weight excluding hydrogens is 439 g/mol. The summed E-state index contributed by atoms with van der Waals surface area (Å²) in [4.78, 5) is 29.6. The van der Waals surface area contributed by atoms with Crippen LogP contribution >= 0.6 is 11.8 Å². The number of nitrogens with zero attached hydrogens (tertiary/aromatic N) is 2. The lowest BCUT2D eigenvalue weighted by Gasteiger charge is -2.15. The Balaban J connectivity index is 1.82. The molecule has 168 valence electrons. The van der Waals surface area contributed by atoms with Crippen LogP contribution in [0, 0.1) is 5.82 Å². The Morgan fingerprint density at radius 2 is 1.56 bits per heavy atom. The fourth-order valence-electron chi connectivity index (χ4n) is 2.94. The minimum absolute atomic E-state index is 0.158. The van der Waals surface area contributed by atoms with E-state index in [4.69, 9.17) is 14.2 Å². The maximum absolute atomic E-state index is 13.3. The van der Waals surface area contributed by atoms with Gasteiger partial charge in [0.1, 0.15) is 11.5 Å². The number of carbonyl (C=O) groups is 2. The van der Waals surface area contributed by atoms with Crippen LogP contribution in [0.4, 0.5) is 4.39 Å². The number of hydrogen-bond acceptors (Lipinski definition) is 7. The summed E-state index contributed by atoms with van der Waals surface area (Å²) in [6.45, 7) is 0. The summed E-state index contributed by atoms with van der Waals surface area (Å²) in [7, 11) is 4.31. The Morgan fingerprint density at radius 1 is 0.969 bits per heavy atom. The molecule has 11 heteroatoms. The molecule has 1 heterocycles. The predicted octanol–water partition coefficient (Wildman–Crippen LogP) is 2.83. The first-order chi connectivity index (χ1) is 15.4. The number of hydrazine groups is 1. The molecule has 0 spiro atoms. The molecule has 0 aliphatic carbocycles. The van der Waals surface area contributed by atoms with Crippen LogP contribution in [0.2, 0.25) is 0 Å². The van der Waals surface area contributed by atoms with E-state index in [9.17, 15) is 14.0 Å². The third-order valence-electron chi connectivity index (χ3n) is 4.45. The highest BCUT2D eigenvalue weighted by molar-refractivity contribution is 7.98. The zero-order chi connectivity index (χ0) is 23.3. The van der Waals surface area contributed by atoms with Crippen LogP contribution in [0.1, 0.15) is 20.8 Å². The Labute approximate surface area is 187 Å². The van der Waals surface area contributed by atoms with Crippen molar-refractivity contribution >= 4 is 23.6 Å². The number of halogens is 1. The van der Waals surface area contributed by atoms with Gasteiger partial charge in [-0.05, 0) is 42.7 Å². The number of benzene rings is 2. The molecule has 0 saturated carbocycles. The minimum Gasteiger partial charge on any atom is -0.493 e. The van der Waals surface area contributed by atoms with Crippen molar-refractivity contribution in [3.05, 3.63) is 59.7 Å². The third kappa shape index (κ3) is 4.62. The van der Waals surface area contributed by atoms with Crippen molar-refractivity contribution < 1.29 is 28.2 Å². The lowest BCUT2D eigenvalue weighted by atomic mass is 10.1. The van der Waals surface area contributed by atoms with Crippen molar-refractivity contribution in [3.63, 3.8) is 0 Å². The van der Waals surface area contributed by atoms with Crippen LogP contribution in [0.15, 0.2) is 47.8 Å². The largest absolute Gasteiger partial charge is 0.493 e. The van der Waals surface area contributed by atoms with Gasteiger partial charge in [0.05, 0.1) is 27.5 Å². The average Bonchev–Trinajstić information content (AvgIpc) is 3.25. The van der Waals surface area contributed by atoms with Gasteiger partial charge < -0.3 is 14.2 Å². The van der Waals surface area contributed by atoms with Crippen LogP contribution in [0.25, 0.3) is 5.69 Å². The van der Waals surface area contributed by atoms with E-state index in [0.717, 1.165) is 0 Å². The molecule has 0 atom stereocenters. The molecule has 1 aromatic heterocycles. The molecule has 0 unspecified atom stereocenters. The van der Waals surface area contributed by atoms with Gasteiger partial charge in [-0.3, -0.25) is 25.0 Å². The number of methoxy groups -OCH3 is 3. The Bertz CT molecular complexity index is 1110. The number of rotatable bonds is 7. The maximum Gasteiger partial charge on any atom is 0.288 e. The molecule has 3 aromatic rings. The molecule has 0 radical (unpaired) electrons. The van der Waals surface area contributed by atoms with Crippen LogP contribution < -0.4 is 25.1 Å². The molecular formula is C21H21FN4O5S. The summed E-state index contributed by atoms with van der Waals surface area (Å²) in [5.41, 5.74) is 5.60. The second-order valence-electron chi connectivity index (χ2n) is 6.26. The standard InChI is InChI=1S/C21H21FN4O5S/c1-29-16-9-12(10-17(30-2)18(16)31-3)19(27)24-25-20(28)15-11-23-21(32-4)26(15)14-7-5-13(22)6-8-14/h5-11H,1-4H3,(H,24,27)(H,25,28). The topological polar surface area (TPSA) is 104 Å². The average molecular weight is 460 g/mol.